The molecule has 1 aliphatic rings. The number of rotatable bonds is 4. The first-order valence-corrected chi connectivity index (χ1v) is 8.51. The molecule has 4 rings (SSSR count). The number of halogens is 1. The van der Waals surface area contributed by atoms with Crippen LogP contribution in [0.1, 0.15) is 33.3 Å². The van der Waals surface area contributed by atoms with Gasteiger partial charge in [0.25, 0.3) is 5.91 Å². The average molecular weight is 381 g/mol. The van der Waals surface area contributed by atoms with Crippen molar-refractivity contribution in [3.8, 4) is 17.2 Å². The van der Waals surface area contributed by atoms with Crippen molar-refractivity contribution in [1.82, 2.24) is 9.78 Å². The minimum absolute atomic E-state index is 0.0542. The van der Waals surface area contributed by atoms with Gasteiger partial charge >= 0.3 is 0 Å². The number of nitrogens with zero attached hydrogens (tertiary/aromatic N) is 2. The second kappa shape index (κ2) is 6.80. The van der Waals surface area contributed by atoms with E-state index in [1.54, 1.807) is 31.2 Å². The Balaban J connectivity index is 1.67. The number of hydrogen-bond acceptors (Lipinski definition) is 5. The fourth-order valence-corrected chi connectivity index (χ4v) is 3.03. The van der Waals surface area contributed by atoms with Crippen LogP contribution in [0.3, 0.4) is 0 Å². The fourth-order valence-electron chi connectivity index (χ4n) is 3.03. The van der Waals surface area contributed by atoms with Crippen LogP contribution in [-0.2, 0) is 0 Å². The lowest BCUT2D eigenvalue weighted by atomic mass is 10.1. The molecular weight excluding hydrogens is 365 g/mol. The van der Waals surface area contributed by atoms with Gasteiger partial charge < -0.3 is 14.8 Å². The maximum absolute atomic E-state index is 14.1. The van der Waals surface area contributed by atoms with Gasteiger partial charge in [-0.3, -0.25) is 9.59 Å². The monoisotopic (exact) mass is 381 g/mol. The van der Waals surface area contributed by atoms with E-state index in [0.29, 0.717) is 28.4 Å². The molecule has 0 bridgehead atoms. The molecule has 8 heteroatoms. The number of benzene rings is 2. The third-order valence-corrected chi connectivity index (χ3v) is 4.48. The lowest BCUT2D eigenvalue weighted by molar-refractivity contribution is 0.101. The SMILES string of the molecule is CC(=O)c1cc2c(cc1NC(=O)c1cnn(-c3ccccc3F)c1C)OCO2. The summed E-state index contributed by atoms with van der Waals surface area (Å²) in [5.41, 5.74) is 1.58. The zero-order chi connectivity index (χ0) is 19.8. The van der Waals surface area contributed by atoms with Gasteiger partial charge in [0, 0.05) is 11.6 Å². The van der Waals surface area contributed by atoms with E-state index >= 15 is 0 Å². The zero-order valence-electron chi connectivity index (χ0n) is 15.2. The molecule has 142 valence electrons. The van der Waals surface area contributed by atoms with Gasteiger partial charge in [0.1, 0.15) is 11.5 Å². The first-order valence-electron chi connectivity index (χ1n) is 8.51. The van der Waals surface area contributed by atoms with Crippen LogP contribution in [0.15, 0.2) is 42.6 Å². The normalized spacial score (nSPS) is 12.1. The van der Waals surface area contributed by atoms with Gasteiger partial charge in [-0.1, -0.05) is 12.1 Å². The van der Waals surface area contributed by atoms with Crippen molar-refractivity contribution >= 4 is 17.4 Å². The van der Waals surface area contributed by atoms with Crippen molar-refractivity contribution in [2.24, 2.45) is 0 Å². The Labute approximate surface area is 159 Å². The summed E-state index contributed by atoms with van der Waals surface area (Å²) < 4.78 is 26.0. The molecule has 0 radical (unpaired) electrons. The molecule has 2 heterocycles. The highest BCUT2D eigenvalue weighted by Crippen LogP contribution is 2.37. The summed E-state index contributed by atoms with van der Waals surface area (Å²) in [5, 5.41) is 6.84. The molecule has 1 N–H and O–H groups in total. The number of fused-ring (bicyclic) bond motifs is 1. The highest BCUT2D eigenvalue weighted by molar-refractivity contribution is 6.09. The summed E-state index contributed by atoms with van der Waals surface area (Å²) in [6.07, 6.45) is 1.36. The molecular formula is C20H16FN3O4. The number of ether oxygens (including phenoxy) is 2. The molecule has 0 unspecified atom stereocenters. The molecule has 0 saturated carbocycles. The van der Waals surface area contributed by atoms with Crippen molar-refractivity contribution in [3.63, 3.8) is 0 Å². The van der Waals surface area contributed by atoms with E-state index < -0.39 is 11.7 Å². The molecule has 28 heavy (non-hydrogen) atoms. The lowest BCUT2D eigenvalue weighted by Gasteiger charge is -2.11. The summed E-state index contributed by atoms with van der Waals surface area (Å²) in [4.78, 5) is 24.8. The van der Waals surface area contributed by atoms with Gasteiger partial charge in [0.05, 0.1) is 23.1 Å². The first-order chi connectivity index (χ1) is 13.5. The number of amides is 1. The van der Waals surface area contributed by atoms with Crippen molar-refractivity contribution in [3.05, 3.63) is 65.2 Å². The van der Waals surface area contributed by atoms with E-state index in [4.69, 9.17) is 9.47 Å². The van der Waals surface area contributed by atoms with E-state index in [-0.39, 0.29) is 23.8 Å². The van der Waals surface area contributed by atoms with E-state index in [2.05, 4.69) is 10.4 Å². The van der Waals surface area contributed by atoms with Crippen LogP contribution in [0.25, 0.3) is 5.69 Å². The van der Waals surface area contributed by atoms with Crippen LogP contribution in [0.4, 0.5) is 10.1 Å². The largest absolute Gasteiger partial charge is 0.454 e. The molecule has 7 nitrogen and oxygen atoms in total. The Hall–Kier alpha value is -3.68. The summed E-state index contributed by atoms with van der Waals surface area (Å²) >= 11 is 0. The van der Waals surface area contributed by atoms with Crippen molar-refractivity contribution in [2.45, 2.75) is 13.8 Å². The van der Waals surface area contributed by atoms with Crippen LogP contribution in [0.2, 0.25) is 0 Å². The molecule has 0 atom stereocenters. The molecule has 1 amide bonds. The van der Waals surface area contributed by atoms with Crippen LogP contribution in [0, 0.1) is 12.7 Å². The minimum atomic E-state index is -0.471. The second-order valence-electron chi connectivity index (χ2n) is 6.27. The number of carbonyl (C=O) groups is 2. The zero-order valence-corrected chi connectivity index (χ0v) is 15.2. The van der Waals surface area contributed by atoms with Crippen LogP contribution >= 0.6 is 0 Å². The Kier molecular flexibility index (Phi) is 4.31. The topological polar surface area (TPSA) is 82.5 Å². The van der Waals surface area contributed by atoms with E-state index in [9.17, 15) is 14.0 Å². The molecule has 1 aromatic heterocycles. The van der Waals surface area contributed by atoms with E-state index in [0.717, 1.165) is 0 Å². The van der Waals surface area contributed by atoms with Gasteiger partial charge in [-0.2, -0.15) is 5.10 Å². The lowest BCUT2D eigenvalue weighted by Crippen LogP contribution is -2.15. The third kappa shape index (κ3) is 2.98. The van der Waals surface area contributed by atoms with E-state index in [1.807, 2.05) is 0 Å². The molecule has 0 spiro atoms. The molecule has 2 aromatic carbocycles. The number of ketones is 1. The van der Waals surface area contributed by atoms with Crippen LogP contribution < -0.4 is 14.8 Å². The summed E-state index contributed by atoms with van der Waals surface area (Å²) in [5.74, 6) is -0.255. The second-order valence-corrected chi connectivity index (χ2v) is 6.27. The van der Waals surface area contributed by atoms with Crippen molar-refractivity contribution in [1.29, 1.82) is 0 Å². The van der Waals surface area contributed by atoms with Gasteiger partial charge in [-0.15, -0.1) is 0 Å². The number of anilines is 1. The number of hydrogen-bond donors (Lipinski definition) is 1. The molecule has 3 aromatic rings. The van der Waals surface area contributed by atoms with Crippen molar-refractivity contribution in [2.75, 3.05) is 12.1 Å². The van der Waals surface area contributed by atoms with Gasteiger partial charge in [-0.05, 0) is 32.0 Å². The van der Waals surface area contributed by atoms with Crippen LogP contribution in [-0.4, -0.2) is 28.3 Å². The highest BCUT2D eigenvalue weighted by Gasteiger charge is 2.22. The maximum Gasteiger partial charge on any atom is 0.259 e. The number of carbonyl (C=O) groups excluding carboxylic acids is 2. The van der Waals surface area contributed by atoms with Gasteiger partial charge in [0.2, 0.25) is 6.79 Å². The highest BCUT2D eigenvalue weighted by atomic mass is 19.1. The number of nitrogens with one attached hydrogen (secondary N) is 1. The smallest absolute Gasteiger partial charge is 0.259 e. The molecule has 0 aliphatic carbocycles. The standard InChI is InChI=1S/C20H16FN3O4/c1-11-14(9-22-24(11)17-6-4-3-5-15(17)21)20(26)23-16-8-19-18(27-10-28-19)7-13(16)12(2)25/h3-9H,10H2,1-2H3,(H,23,26). The Morgan fingerprint density at radius 2 is 1.86 bits per heavy atom. The Morgan fingerprint density at radius 3 is 2.57 bits per heavy atom. The molecule has 1 aliphatic heterocycles. The van der Waals surface area contributed by atoms with Crippen molar-refractivity contribution < 1.29 is 23.5 Å². The fraction of sp³-hybridized carbons (Fsp3) is 0.150. The quantitative estimate of drug-likeness (QED) is 0.700. The number of Topliss-reactive ketones (excluding diaryl/α,β-unsaturated/α-hetero) is 1. The first kappa shape index (κ1) is 17.7. The predicted octanol–water partition coefficient (Wildman–Crippen LogP) is 3.50. The van der Waals surface area contributed by atoms with E-state index in [1.165, 1.54) is 29.9 Å². The molecule has 0 fully saturated rings. The number of para-hydroxylation sites is 1. The average Bonchev–Trinajstić information content (AvgIpc) is 3.27. The molecule has 0 saturated heterocycles. The summed E-state index contributed by atoms with van der Waals surface area (Å²) in [6, 6.07) is 9.24. The minimum Gasteiger partial charge on any atom is -0.454 e. The summed E-state index contributed by atoms with van der Waals surface area (Å²) in [7, 11) is 0. The maximum atomic E-state index is 14.1. The van der Waals surface area contributed by atoms with Crippen LogP contribution in [0.5, 0.6) is 11.5 Å². The summed E-state index contributed by atoms with van der Waals surface area (Å²) in [6.45, 7) is 3.12. The Bertz CT molecular complexity index is 1110. The van der Waals surface area contributed by atoms with Gasteiger partial charge in [0.15, 0.2) is 17.3 Å². The van der Waals surface area contributed by atoms with Gasteiger partial charge in [-0.25, -0.2) is 9.07 Å². The predicted molar refractivity (Wildman–Crippen MR) is 98.8 cm³/mol. The third-order valence-electron chi connectivity index (χ3n) is 4.48. The number of aromatic nitrogens is 2. The Morgan fingerprint density at radius 1 is 1.14 bits per heavy atom.